The first kappa shape index (κ1) is 23.7. The van der Waals surface area contributed by atoms with Crippen molar-refractivity contribution in [3.05, 3.63) is 95.6 Å². The molecular formula is C26H30N2O3S. The van der Waals surface area contributed by atoms with E-state index in [1.54, 1.807) is 31.2 Å². The number of anilines is 1. The monoisotopic (exact) mass is 450 g/mol. The van der Waals surface area contributed by atoms with E-state index < -0.39 is 9.84 Å². The minimum absolute atomic E-state index is 0.0606. The van der Waals surface area contributed by atoms with Crippen LogP contribution in [0.1, 0.15) is 30.5 Å². The molecule has 0 bridgehead atoms. The fourth-order valence-electron chi connectivity index (χ4n) is 3.44. The second-order valence-corrected chi connectivity index (χ2v) is 10.0. The molecule has 168 valence electrons. The molecule has 0 aliphatic rings. The zero-order valence-electron chi connectivity index (χ0n) is 18.6. The number of carbonyl (C=O) groups is 1. The number of nitrogens with one attached hydrogen (secondary N) is 1. The maximum atomic E-state index is 12.4. The van der Waals surface area contributed by atoms with Crippen molar-refractivity contribution in [3.63, 3.8) is 0 Å². The molecule has 0 heterocycles. The van der Waals surface area contributed by atoms with Gasteiger partial charge in [-0.2, -0.15) is 0 Å². The van der Waals surface area contributed by atoms with Gasteiger partial charge in [0.2, 0.25) is 5.91 Å². The average molecular weight is 451 g/mol. The number of hydrogen-bond donors (Lipinski definition) is 1. The predicted molar refractivity (Wildman–Crippen MR) is 129 cm³/mol. The van der Waals surface area contributed by atoms with E-state index in [2.05, 4.69) is 41.4 Å². The summed E-state index contributed by atoms with van der Waals surface area (Å²) in [4.78, 5) is 15.0. The summed E-state index contributed by atoms with van der Waals surface area (Å²) in [6.07, 6.45) is 0.189. The molecule has 0 aliphatic heterocycles. The van der Waals surface area contributed by atoms with Crippen molar-refractivity contribution >= 4 is 21.4 Å². The summed E-state index contributed by atoms with van der Waals surface area (Å²) in [6, 6.07) is 24.8. The minimum atomic E-state index is -3.23. The summed E-state index contributed by atoms with van der Waals surface area (Å²) in [5.74, 6) is -0.0754. The van der Waals surface area contributed by atoms with Crippen LogP contribution in [-0.2, 0) is 34.1 Å². The van der Waals surface area contributed by atoms with Crippen LogP contribution in [0.3, 0.4) is 0 Å². The van der Waals surface area contributed by atoms with Gasteiger partial charge < -0.3 is 5.32 Å². The molecular weight excluding hydrogens is 420 g/mol. The SMILES string of the molecule is CCN(Cc1ccccc1)Cc1ccc(NC(=O)Cc2ccc(S(=O)(=O)CC)cc2)cc1. The van der Waals surface area contributed by atoms with Crippen LogP contribution in [0.15, 0.2) is 83.8 Å². The number of sulfone groups is 1. The number of hydrogen-bond acceptors (Lipinski definition) is 4. The van der Waals surface area contributed by atoms with E-state index in [1.165, 1.54) is 11.1 Å². The quantitative estimate of drug-likeness (QED) is 0.487. The molecule has 3 rings (SSSR count). The van der Waals surface area contributed by atoms with Crippen molar-refractivity contribution < 1.29 is 13.2 Å². The number of amides is 1. The third-order valence-electron chi connectivity index (χ3n) is 5.37. The van der Waals surface area contributed by atoms with E-state index in [0.29, 0.717) is 0 Å². The van der Waals surface area contributed by atoms with Crippen LogP contribution in [0.5, 0.6) is 0 Å². The highest BCUT2D eigenvalue weighted by molar-refractivity contribution is 7.91. The van der Waals surface area contributed by atoms with E-state index >= 15 is 0 Å². The summed E-state index contributed by atoms with van der Waals surface area (Å²) in [5.41, 5.74) is 4.00. The van der Waals surface area contributed by atoms with Crippen LogP contribution in [0.25, 0.3) is 0 Å². The minimum Gasteiger partial charge on any atom is -0.326 e. The van der Waals surface area contributed by atoms with Gasteiger partial charge >= 0.3 is 0 Å². The van der Waals surface area contributed by atoms with Gasteiger partial charge in [0, 0.05) is 18.8 Å². The van der Waals surface area contributed by atoms with Gasteiger partial charge in [-0.05, 0) is 47.5 Å². The fraction of sp³-hybridized carbons (Fsp3) is 0.269. The van der Waals surface area contributed by atoms with E-state index in [1.807, 2.05) is 30.3 Å². The summed E-state index contributed by atoms with van der Waals surface area (Å²) >= 11 is 0. The molecule has 3 aromatic rings. The Morgan fingerprint density at radius 1 is 0.781 bits per heavy atom. The van der Waals surface area contributed by atoms with E-state index in [9.17, 15) is 13.2 Å². The zero-order chi connectivity index (χ0) is 23.0. The van der Waals surface area contributed by atoms with Crippen molar-refractivity contribution in [1.82, 2.24) is 4.90 Å². The lowest BCUT2D eigenvalue weighted by Crippen LogP contribution is -2.22. The molecule has 0 saturated heterocycles. The Morgan fingerprint density at radius 2 is 1.34 bits per heavy atom. The molecule has 3 aromatic carbocycles. The molecule has 0 radical (unpaired) electrons. The normalized spacial score (nSPS) is 11.5. The highest BCUT2D eigenvalue weighted by Crippen LogP contribution is 2.16. The highest BCUT2D eigenvalue weighted by Gasteiger charge is 2.12. The highest BCUT2D eigenvalue weighted by atomic mass is 32.2. The summed E-state index contributed by atoms with van der Waals surface area (Å²) in [7, 11) is -3.23. The molecule has 5 nitrogen and oxygen atoms in total. The van der Waals surface area contributed by atoms with Crippen molar-refractivity contribution in [1.29, 1.82) is 0 Å². The summed E-state index contributed by atoms with van der Waals surface area (Å²) in [6.45, 7) is 6.46. The third-order valence-corrected chi connectivity index (χ3v) is 7.12. The lowest BCUT2D eigenvalue weighted by molar-refractivity contribution is -0.115. The average Bonchev–Trinajstić information content (AvgIpc) is 2.81. The van der Waals surface area contributed by atoms with E-state index in [0.717, 1.165) is 30.9 Å². The van der Waals surface area contributed by atoms with Gasteiger partial charge in [-0.3, -0.25) is 9.69 Å². The molecule has 1 N–H and O–H groups in total. The first-order chi connectivity index (χ1) is 15.4. The Morgan fingerprint density at radius 3 is 1.91 bits per heavy atom. The molecule has 32 heavy (non-hydrogen) atoms. The van der Waals surface area contributed by atoms with E-state index in [4.69, 9.17) is 0 Å². The maximum Gasteiger partial charge on any atom is 0.228 e. The fourth-order valence-corrected chi connectivity index (χ4v) is 4.33. The maximum absolute atomic E-state index is 12.4. The van der Waals surface area contributed by atoms with Crippen molar-refractivity contribution in [2.24, 2.45) is 0 Å². The Hall–Kier alpha value is -2.96. The van der Waals surface area contributed by atoms with Crippen molar-refractivity contribution in [2.45, 2.75) is 38.3 Å². The van der Waals surface area contributed by atoms with Crippen LogP contribution in [0.2, 0.25) is 0 Å². The molecule has 6 heteroatoms. The molecule has 0 saturated carbocycles. The molecule has 0 aliphatic carbocycles. The number of benzene rings is 3. The van der Waals surface area contributed by atoms with Gasteiger partial charge in [0.05, 0.1) is 17.1 Å². The molecule has 0 aromatic heterocycles. The van der Waals surface area contributed by atoms with Crippen LogP contribution >= 0.6 is 0 Å². The Labute approximate surface area is 191 Å². The van der Waals surface area contributed by atoms with Crippen LogP contribution in [0.4, 0.5) is 5.69 Å². The zero-order valence-corrected chi connectivity index (χ0v) is 19.4. The second-order valence-electron chi connectivity index (χ2n) is 7.76. The second kappa shape index (κ2) is 11.1. The van der Waals surface area contributed by atoms with Crippen LogP contribution in [-0.4, -0.2) is 31.5 Å². The molecule has 0 unspecified atom stereocenters. The van der Waals surface area contributed by atoms with E-state index in [-0.39, 0.29) is 23.0 Å². The Balaban J connectivity index is 1.54. The molecule has 1 amide bonds. The number of rotatable bonds is 10. The van der Waals surface area contributed by atoms with Crippen molar-refractivity contribution in [2.75, 3.05) is 17.6 Å². The van der Waals surface area contributed by atoms with Gasteiger partial charge in [-0.1, -0.05) is 68.4 Å². The van der Waals surface area contributed by atoms with Gasteiger partial charge in [0.25, 0.3) is 0 Å². The van der Waals surface area contributed by atoms with Crippen LogP contribution < -0.4 is 5.32 Å². The predicted octanol–water partition coefficient (Wildman–Crippen LogP) is 4.68. The topological polar surface area (TPSA) is 66.5 Å². The first-order valence-electron chi connectivity index (χ1n) is 10.9. The summed E-state index contributed by atoms with van der Waals surface area (Å²) < 4.78 is 23.8. The molecule has 0 atom stereocenters. The third kappa shape index (κ3) is 6.77. The Bertz CT molecular complexity index is 1110. The van der Waals surface area contributed by atoms with Gasteiger partial charge in [-0.25, -0.2) is 8.42 Å². The van der Waals surface area contributed by atoms with Gasteiger partial charge in [0.15, 0.2) is 9.84 Å². The lowest BCUT2D eigenvalue weighted by atomic mass is 10.1. The number of nitrogens with zero attached hydrogens (tertiary/aromatic N) is 1. The lowest BCUT2D eigenvalue weighted by Gasteiger charge is -2.20. The largest absolute Gasteiger partial charge is 0.326 e. The standard InChI is InChI=1S/C26H30N2O3S/c1-3-28(19-22-8-6-5-7-9-22)20-23-10-14-24(15-11-23)27-26(29)18-21-12-16-25(17-13-21)32(30,31)4-2/h5-17H,3-4,18-20H2,1-2H3,(H,27,29). The first-order valence-corrected chi connectivity index (χ1v) is 12.5. The Kier molecular flexibility index (Phi) is 8.20. The number of carbonyl (C=O) groups excluding carboxylic acids is 1. The van der Waals surface area contributed by atoms with Gasteiger partial charge in [-0.15, -0.1) is 0 Å². The smallest absolute Gasteiger partial charge is 0.228 e. The van der Waals surface area contributed by atoms with Crippen molar-refractivity contribution in [3.8, 4) is 0 Å². The molecule has 0 spiro atoms. The molecule has 0 fully saturated rings. The van der Waals surface area contributed by atoms with Crippen LogP contribution in [0, 0.1) is 0 Å². The van der Waals surface area contributed by atoms with Gasteiger partial charge in [0.1, 0.15) is 0 Å². The summed E-state index contributed by atoms with van der Waals surface area (Å²) in [5, 5.41) is 2.91.